The van der Waals surface area contributed by atoms with Crippen molar-refractivity contribution in [2.24, 2.45) is 0 Å². The first-order valence-electron chi connectivity index (χ1n) is 9.83. The van der Waals surface area contributed by atoms with Gasteiger partial charge in [0.15, 0.2) is 0 Å². The van der Waals surface area contributed by atoms with Crippen LogP contribution in [-0.2, 0) is 4.74 Å². The zero-order chi connectivity index (χ0) is 20.4. The van der Waals surface area contributed by atoms with Crippen molar-refractivity contribution in [2.75, 3.05) is 23.0 Å². The Hall–Kier alpha value is -2.82. The molecule has 0 aliphatic carbocycles. The number of ether oxygens (including phenoxy) is 1. The molecule has 0 bridgehead atoms. The van der Waals surface area contributed by atoms with Gasteiger partial charge in [0.25, 0.3) is 5.91 Å². The quantitative estimate of drug-likeness (QED) is 0.752. The third kappa shape index (κ3) is 3.49. The number of benzene rings is 2. The van der Waals surface area contributed by atoms with Gasteiger partial charge in [-0.1, -0.05) is 25.1 Å². The highest BCUT2D eigenvalue weighted by atomic mass is 16.6. The van der Waals surface area contributed by atoms with E-state index in [1.165, 1.54) is 0 Å². The lowest BCUT2D eigenvalue weighted by molar-refractivity contribution is 0.0981. The van der Waals surface area contributed by atoms with E-state index in [4.69, 9.17) is 4.74 Å². The highest BCUT2D eigenvalue weighted by Gasteiger charge is 2.37. The molecule has 0 saturated carbocycles. The molecule has 0 saturated heterocycles. The summed E-state index contributed by atoms with van der Waals surface area (Å²) in [6.07, 6.45) is 0.366. The molecule has 28 heavy (non-hydrogen) atoms. The lowest BCUT2D eigenvalue weighted by atomic mass is 9.99. The van der Waals surface area contributed by atoms with Crippen LogP contribution in [0, 0.1) is 20.8 Å². The Morgan fingerprint density at radius 1 is 1.00 bits per heavy atom. The maximum Gasteiger partial charge on any atom is 0.414 e. The predicted molar refractivity (Wildman–Crippen MR) is 112 cm³/mol. The highest BCUT2D eigenvalue weighted by molar-refractivity contribution is 6.11. The van der Waals surface area contributed by atoms with Gasteiger partial charge in [-0.15, -0.1) is 0 Å². The van der Waals surface area contributed by atoms with Gasteiger partial charge in [-0.2, -0.15) is 0 Å². The molecule has 1 aliphatic heterocycles. The third-order valence-corrected chi connectivity index (χ3v) is 5.46. The molecule has 1 atom stereocenters. The fourth-order valence-corrected chi connectivity index (χ4v) is 3.68. The van der Waals surface area contributed by atoms with E-state index in [9.17, 15) is 9.59 Å². The molecule has 0 spiro atoms. The molecule has 148 valence electrons. The molecule has 0 aromatic heterocycles. The molecule has 5 nitrogen and oxygen atoms in total. The largest absolute Gasteiger partial charge is 0.449 e. The summed E-state index contributed by atoms with van der Waals surface area (Å²) in [5, 5.41) is 0. The highest BCUT2D eigenvalue weighted by Crippen LogP contribution is 2.39. The normalized spacial score (nSPS) is 16.0. The first-order valence-corrected chi connectivity index (χ1v) is 9.83. The van der Waals surface area contributed by atoms with Crippen molar-refractivity contribution < 1.29 is 14.3 Å². The fraction of sp³-hybridized carbons (Fsp3) is 0.391. The second-order valence-corrected chi connectivity index (χ2v) is 7.29. The summed E-state index contributed by atoms with van der Waals surface area (Å²) in [6.45, 7) is 10.6. The van der Waals surface area contributed by atoms with E-state index in [0.717, 1.165) is 34.5 Å². The van der Waals surface area contributed by atoms with Crippen molar-refractivity contribution in [1.82, 2.24) is 0 Å². The van der Waals surface area contributed by atoms with E-state index in [2.05, 4.69) is 0 Å². The van der Waals surface area contributed by atoms with Crippen LogP contribution in [0.5, 0.6) is 0 Å². The molecule has 1 heterocycles. The van der Waals surface area contributed by atoms with Crippen molar-refractivity contribution in [3.8, 4) is 0 Å². The topological polar surface area (TPSA) is 49.9 Å². The lowest BCUT2D eigenvalue weighted by Gasteiger charge is -2.42. The number of amides is 2. The Balaban J connectivity index is 2.14. The van der Waals surface area contributed by atoms with E-state index < -0.39 is 0 Å². The van der Waals surface area contributed by atoms with Crippen molar-refractivity contribution in [3.63, 3.8) is 0 Å². The van der Waals surface area contributed by atoms with Crippen molar-refractivity contribution in [3.05, 3.63) is 58.7 Å². The Kier molecular flexibility index (Phi) is 5.73. The third-order valence-electron chi connectivity index (χ3n) is 5.46. The number of aryl methyl sites for hydroxylation is 3. The summed E-state index contributed by atoms with van der Waals surface area (Å²) in [4.78, 5) is 29.7. The number of fused-ring (bicyclic) bond motifs is 1. The molecule has 0 radical (unpaired) electrons. The predicted octanol–water partition coefficient (Wildman–Crippen LogP) is 5.01. The minimum atomic E-state index is -0.359. The van der Waals surface area contributed by atoms with E-state index >= 15 is 0 Å². The second-order valence-electron chi connectivity index (χ2n) is 7.29. The van der Waals surface area contributed by atoms with E-state index in [1.54, 1.807) is 11.8 Å². The van der Waals surface area contributed by atoms with Crippen molar-refractivity contribution in [1.29, 1.82) is 0 Å². The van der Waals surface area contributed by atoms with Crippen LogP contribution >= 0.6 is 0 Å². The van der Waals surface area contributed by atoms with Crippen LogP contribution in [0.25, 0.3) is 0 Å². The summed E-state index contributed by atoms with van der Waals surface area (Å²) >= 11 is 0. The molecule has 1 unspecified atom stereocenters. The molecule has 5 heteroatoms. The number of rotatable bonds is 3. The van der Waals surface area contributed by atoms with Crippen LogP contribution in [0.1, 0.15) is 47.3 Å². The number of hydrogen-bond acceptors (Lipinski definition) is 3. The molecular formula is C23H28N2O3. The molecule has 1 aliphatic rings. The average molecular weight is 380 g/mol. The summed E-state index contributed by atoms with van der Waals surface area (Å²) in [6, 6.07) is 11.5. The first-order chi connectivity index (χ1) is 13.4. The zero-order valence-electron chi connectivity index (χ0n) is 17.3. The number of carbonyl (C=O) groups is 2. The summed E-state index contributed by atoms with van der Waals surface area (Å²) in [5.41, 5.74) is 5.29. The second kappa shape index (κ2) is 8.05. The zero-order valence-corrected chi connectivity index (χ0v) is 17.3. The first kappa shape index (κ1) is 19.9. The van der Waals surface area contributed by atoms with E-state index in [0.29, 0.717) is 18.7 Å². The Bertz CT molecular complexity index is 907. The number of hydrogen-bond donors (Lipinski definition) is 0. The minimum Gasteiger partial charge on any atom is -0.449 e. The molecule has 0 fully saturated rings. The lowest BCUT2D eigenvalue weighted by Crippen LogP contribution is -2.53. The van der Waals surface area contributed by atoms with Gasteiger partial charge in [0, 0.05) is 12.1 Å². The fourth-order valence-electron chi connectivity index (χ4n) is 3.68. The summed E-state index contributed by atoms with van der Waals surface area (Å²) in [7, 11) is 0. The van der Waals surface area contributed by atoms with Crippen LogP contribution in [0.2, 0.25) is 0 Å². The van der Waals surface area contributed by atoms with Crippen LogP contribution in [0.15, 0.2) is 36.4 Å². The van der Waals surface area contributed by atoms with Crippen molar-refractivity contribution >= 4 is 23.4 Å². The molecule has 2 amide bonds. The summed E-state index contributed by atoms with van der Waals surface area (Å²) in [5.74, 6) is -0.0374. The maximum atomic E-state index is 13.4. The SMILES string of the molecule is CCOC(=O)N1c2cc(C)c(C)cc2N(C(=O)c2ccccc2C)CC1CC. The monoisotopic (exact) mass is 380 g/mol. The van der Waals surface area contributed by atoms with E-state index in [1.807, 2.05) is 69.0 Å². The summed E-state index contributed by atoms with van der Waals surface area (Å²) < 4.78 is 5.32. The average Bonchev–Trinajstić information content (AvgIpc) is 2.67. The van der Waals surface area contributed by atoms with Crippen molar-refractivity contribution in [2.45, 2.75) is 47.1 Å². The Morgan fingerprint density at radius 2 is 1.64 bits per heavy atom. The smallest absolute Gasteiger partial charge is 0.414 e. The Morgan fingerprint density at radius 3 is 2.25 bits per heavy atom. The molecule has 2 aromatic carbocycles. The molecule has 2 aromatic rings. The number of anilines is 2. The van der Waals surface area contributed by atoms with Gasteiger partial charge in [-0.3, -0.25) is 9.69 Å². The number of carbonyl (C=O) groups excluding carboxylic acids is 2. The molecular weight excluding hydrogens is 352 g/mol. The van der Waals surface area contributed by atoms with Gasteiger partial charge < -0.3 is 9.64 Å². The van der Waals surface area contributed by atoms with Gasteiger partial charge in [-0.25, -0.2) is 4.79 Å². The molecule has 3 rings (SSSR count). The van der Waals surface area contributed by atoms with Gasteiger partial charge >= 0.3 is 6.09 Å². The van der Waals surface area contributed by atoms with Gasteiger partial charge in [-0.05, 0) is 69.0 Å². The van der Waals surface area contributed by atoms with Gasteiger partial charge in [0.2, 0.25) is 0 Å². The van der Waals surface area contributed by atoms with Crippen LogP contribution < -0.4 is 9.80 Å². The Labute approximate surface area is 166 Å². The van der Waals surface area contributed by atoms with Gasteiger partial charge in [0.1, 0.15) is 0 Å². The maximum absolute atomic E-state index is 13.4. The van der Waals surface area contributed by atoms with Crippen LogP contribution in [-0.4, -0.2) is 31.2 Å². The van der Waals surface area contributed by atoms with E-state index in [-0.39, 0.29) is 18.0 Å². The van der Waals surface area contributed by atoms with Crippen LogP contribution in [0.3, 0.4) is 0 Å². The van der Waals surface area contributed by atoms with Crippen LogP contribution in [0.4, 0.5) is 16.2 Å². The molecule has 0 N–H and O–H groups in total. The minimum absolute atomic E-state index is 0.0374. The number of nitrogens with zero attached hydrogens (tertiary/aromatic N) is 2. The standard InChI is InChI=1S/C23H28N2O3/c1-6-18-14-24(22(26)19-11-9-8-10-15(19)3)20-12-16(4)17(5)13-21(20)25(18)23(27)28-7-2/h8-13,18H,6-7,14H2,1-5H3. The van der Waals surface area contributed by atoms with Gasteiger partial charge in [0.05, 0.1) is 24.0 Å².